The molecule has 25 heavy (non-hydrogen) atoms. The molecular formula is C15H20F3NO5S. The van der Waals surface area contributed by atoms with E-state index >= 15 is 0 Å². The molecule has 0 aliphatic rings. The van der Waals surface area contributed by atoms with Crippen molar-refractivity contribution in [1.82, 2.24) is 4.72 Å². The highest BCUT2D eigenvalue weighted by Gasteiger charge is 2.31. The summed E-state index contributed by atoms with van der Waals surface area (Å²) in [5.41, 5.74) is 1.17. The fraction of sp³-hybridized carbons (Fsp3) is 0.533. The van der Waals surface area contributed by atoms with Gasteiger partial charge in [-0.25, -0.2) is 4.79 Å². The highest BCUT2D eigenvalue weighted by molar-refractivity contribution is 7.85. The van der Waals surface area contributed by atoms with Crippen LogP contribution >= 0.6 is 0 Å². The standard InChI is InChI=1S/C15H20F3NO5S/c1-9(2)11-6-5-7-12(10(3)4)13(11)24-25(21,22)19-14(20)23-8-15(16,17)18/h5-7,9-10H,8H2,1-4H3,(H,19,20). The van der Waals surface area contributed by atoms with Gasteiger partial charge in [0.2, 0.25) is 0 Å². The highest BCUT2D eigenvalue weighted by atomic mass is 32.2. The third-order valence-corrected chi connectivity index (χ3v) is 3.89. The Balaban J connectivity index is 3.02. The van der Waals surface area contributed by atoms with E-state index in [-0.39, 0.29) is 17.6 Å². The molecule has 10 heteroatoms. The molecule has 142 valence electrons. The van der Waals surface area contributed by atoms with Crippen LogP contribution in [0.15, 0.2) is 18.2 Å². The molecule has 0 saturated heterocycles. The SMILES string of the molecule is CC(C)c1cccc(C(C)C)c1OS(=O)(=O)NC(=O)OCC(F)(F)F. The Hall–Kier alpha value is -1.97. The second-order valence-corrected chi connectivity index (χ2v) is 7.18. The van der Waals surface area contributed by atoms with Gasteiger partial charge in [-0.1, -0.05) is 45.9 Å². The van der Waals surface area contributed by atoms with E-state index in [9.17, 15) is 26.4 Å². The molecule has 0 atom stereocenters. The first kappa shape index (κ1) is 21.1. The molecule has 1 rings (SSSR count). The van der Waals surface area contributed by atoms with Gasteiger partial charge >= 0.3 is 22.6 Å². The lowest BCUT2D eigenvalue weighted by Crippen LogP contribution is -2.36. The average molecular weight is 383 g/mol. The van der Waals surface area contributed by atoms with Crippen LogP contribution in [0.25, 0.3) is 0 Å². The van der Waals surface area contributed by atoms with E-state index in [0.29, 0.717) is 11.1 Å². The van der Waals surface area contributed by atoms with Crippen LogP contribution in [-0.4, -0.2) is 27.3 Å². The second-order valence-electron chi connectivity index (χ2n) is 5.91. The van der Waals surface area contributed by atoms with Crippen molar-refractivity contribution in [3.05, 3.63) is 29.3 Å². The van der Waals surface area contributed by atoms with Gasteiger partial charge in [0.25, 0.3) is 0 Å². The van der Waals surface area contributed by atoms with Crippen LogP contribution in [0.1, 0.15) is 50.7 Å². The molecule has 1 aromatic rings. The summed E-state index contributed by atoms with van der Waals surface area (Å²) in [7, 11) is -4.71. The highest BCUT2D eigenvalue weighted by Crippen LogP contribution is 2.35. The first-order valence-electron chi connectivity index (χ1n) is 7.41. The molecular weight excluding hydrogens is 363 g/mol. The fourth-order valence-corrected chi connectivity index (χ4v) is 2.71. The lowest BCUT2D eigenvalue weighted by atomic mass is 9.94. The normalized spacial score (nSPS) is 12.4. The molecule has 1 amide bonds. The summed E-state index contributed by atoms with van der Waals surface area (Å²) in [5, 5.41) is 0. The van der Waals surface area contributed by atoms with Gasteiger partial charge in [-0.15, -0.1) is 0 Å². The van der Waals surface area contributed by atoms with Gasteiger partial charge in [0, 0.05) is 0 Å². The molecule has 0 aromatic heterocycles. The van der Waals surface area contributed by atoms with Crippen LogP contribution < -0.4 is 8.91 Å². The summed E-state index contributed by atoms with van der Waals surface area (Å²) < 4.78 is 70.0. The predicted octanol–water partition coefficient (Wildman–Crippen LogP) is 3.85. The maximum absolute atomic E-state index is 12.0. The molecule has 6 nitrogen and oxygen atoms in total. The summed E-state index contributed by atoms with van der Waals surface area (Å²) in [5.74, 6) is -0.120. The Morgan fingerprint density at radius 1 is 1.12 bits per heavy atom. The topological polar surface area (TPSA) is 81.7 Å². The Morgan fingerprint density at radius 2 is 1.60 bits per heavy atom. The number of hydrogen-bond donors (Lipinski definition) is 1. The monoisotopic (exact) mass is 383 g/mol. The molecule has 0 aliphatic heterocycles. The molecule has 0 heterocycles. The maximum Gasteiger partial charge on any atom is 0.423 e. The van der Waals surface area contributed by atoms with Crippen molar-refractivity contribution >= 4 is 16.4 Å². The molecule has 0 aliphatic carbocycles. The first-order chi connectivity index (χ1) is 11.3. The van der Waals surface area contributed by atoms with Gasteiger partial charge < -0.3 is 8.92 Å². The number of hydrogen-bond acceptors (Lipinski definition) is 5. The van der Waals surface area contributed by atoms with Crippen LogP contribution in [0.4, 0.5) is 18.0 Å². The summed E-state index contributed by atoms with van der Waals surface area (Å²) in [6, 6.07) is 5.09. The van der Waals surface area contributed by atoms with Crippen molar-refractivity contribution in [2.75, 3.05) is 6.61 Å². The predicted molar refractivity (Wildman–Crippen MR) is 84.7 cm³/mol. The fourth-order valence-electron chi connectivity index (χ4n) is 1.99. The van der Waals surface area contributed by atoms with Crippen LogP contribution in [-0.2, 0) is 15.0 Å². The number of halogens is 3. The van der Waals surface area contributed by atoms with Crippen molar-refractivity contribution in [3.8, 4) is 5.75 Å². The van der Waals surface area contributed by atoms with E-state index in [4.69, 9.17) is 4.18 Å². The van der Waals surface area contributed by atoms with E-state index < -0.39 is 29.2 Å². The van der Waals surface area contributed by atoms with Crippen molar-refractivity contribution < 1.29 is 35.3 Å². The number of para-hydroxylation sites is 1. The van der Waals surface area contributed by atoms with E-state index in [2.05, 4.69) is 4.74 Å². The number of benzene rings is 1. The average Bonchev–Trinajstić information content (AvgIpc) is 2.43. The lowest BCUT2D eigenvalue weighted by molar-refractivity contribution is -0.160. The van der Waals surface area contributed by atoms with Gasteiger partial charge in [0.15, 0.2) is 12.4 Å². The number of alkyl halides is 3. The van der Waals surface area contributed by atoms with Crippen molar-refractivity contribution in [2.24, 2.45) is 0 Å². The molecule has 0 spiro atoms. The van der Waals surface area contributed by atoms with Crippen LogP contribution in [0, 0.1) is 0 Å². The largest absolute Gasteiger partial charge is 0.439 e. The third kappa shape index (κ3) is 6.81. The first-order valence-corrected chi connectivity index (χ1v) is 8.81. The number of amides is 1. The Bertz CT molecular complexity index is 688. The van der Waals surface area contributed by atoms with E-state index in [1.54, 1.807) is 18.2 Å². The maximum atomic E-state index is 12.0. The molecule has 1 aromatic carbocycles. The number of carbonyl (C=O) groups is 1. The summed E-state index contributed by atoms with van der Waals surface area (Å²) >= 11 is 0. The van der Waals surface area contributed by atoms with Gasteiger partial charge in [0.05, 0.1) is 0 Å². The number of ether oxygens (including phenoxy) is 1. The van der Waals surface area contributed by atoms with Gasteiger partial charge in [-0.05, 0) is 23.0 Å². The lowest BCUT2D eigenvalue weighted by Gasteiger charge is -2.19. The van der Waals surface area contributed by atoms with Gasteiger partial charge in [-0.3, -0.25) is 0 Å². The summed E-state index contributed by atoms with van der Waals surface area (Å²) in [6.45, 7) is 5.38. The van der Waals surface area contributed by atoms with Crippen LogP contribution in [0.3, 0.4) is 0 Å². The van der Waals surface area contributed by atoms with Crippen molar-refractivity contribution in [3.63, 3.8) is 0 Å². The minimum atomic E-state index is -4.77. The van der Waals surface area contributed by atoms with Gasteiger partial charge in [0.1, 0.15) is 0 Å². The number of rotatable bonds is 6. The molecule has 0 fully saturated rings. The van der Waals surface area contributed by atoms with E-state index in [1.807, 2.05) is 27.7 Å². The zero-order valence-electron chi connectivity index (χ0n) is 14.2. The summed E-state index contributed by atoms with van der Waals surface area (Å²) in [6.07, 6.45) is -6.54. The number of nitrogens with one attached hydrogen (secondary N) is 1. The molecule has 0 unspecified atom stereocenters. The van der Waals surface area contributed by atoms with Crippen LogP contribution in [0.2, 0.25) is 0 Å². The Kier molecular flexibility index (Phi) is 6.69. The minimum Gasteiger partial charge on any atom is -0.439 e. The van der Waals surface area contributed by atoms with Gasteiger partial charge in [-0.2, -0.15) is 26.3 Å². The quantitative estimate of drug-likeness (QED) is 0.807. The van der Waals surface area contributed by atoms with E-state index in [0.717, 1.165) is 0 Å². The Morgan fingerprint density at radius 3 is 2.00 bits per heavy atom. The van der Waals surface area contributed by atoms with Crippen molar-refractivity contribution in [1.29, 1.82) is 0 Å². The second kappa shape index (κ2) is 7.94. The zero-order chi connectivity index (χ0) is 19.4. The molecule has 0 saturated carbocycles. The molecule has 0 bridgehead atoms. The number of carbonyl (C=O) groups excluding carboxylic acids is 1. The molecule has 0 radical (unpaired) electrons. The zero-order valence-corrected chi connectivity index (χ0v) is 15.0. The summed E-state index contributed by atoms with van der Waals surface area (Å²) in [4.78, 5) is 11.2. The minimum absolute atomic E-state index is 0.0450. The van der Waals surface area contributed by atoms with Crippen molar-refractivity contribution in [2.45, 2.75) is 45.7 Å². The molecule has 1 N–H and O–H groups in total. The van der Waals surface area contributed by atoms with Crippen LogP contribution in [0.5, 0.6) is 5.75 Å². The smallest absolute Gasteiger partial charge is 0.423 e. The Labute approximate surface area is 144 Å². The third-order valence-electron chi connectivity index (χ3n) is 3.09. The van der Waals surface area contributed by atoms with E-state index in [1.165, 1.54) is 4.72 Å².